The van der Waals surface area contributed by atoms with Gasteiger partial charge < -0.3 is 9.80 Å². The number of aryl methyl sites for hydroxylation is 1. The molecule has 0 bridgehead atoms. The maximum Gasteiger partial charge on any atom is 0.255 e. The normalized spacial score (nSPS) is 14.5. The van der Waals surface area contributed by atoms with Crippen LogP contribution >= 0.6 is 0 Å². The van der Waals surface area contributed by atoms with E-state index in [1.807, 2.05) is 6.92 Å². The van der Waals surface area contributed by atoms with E-state index in [1.54, 1.807) is 17.0 Å². The number of carbonyl (C=O) groups excluding carboxylic acids is 2. The standard InChI is InChI=1S/C18H17F2N3O2/c1-12-2-3-14(11-21-12)18(25)23-8-6-22(7-9-23)17(24)13-4-5-15(19)16(20)10-13/h2-5,10-11H,6-9H2,1H3. The zero-order valence-corrected chi connectivity index (χ0v) is 13.7. The van der Waals surface area contributed by atoms with Crippen LogP contribution in [0.1, 0.15) is 26.4 Å². The lowest BCUT2D eigenvalue weighted by Gasteiger charge is -2.34. The first kappa shape index (κ1) is 17.0. The van der Waals surface area contributed by atoms with Crippen LogP contribution in [0.2, 0.25) is 0 Å². The van der Waals surface area contributed by atoms with Crippen molar-refractivity contribution in [3.05, 3.63) is 65.0 Å². The molecule has 0 spiro atoms. The molecular formula is C18H17F2N3O2. The first-order valence-electron chi connectivity index (χ1n) is 7.92. The van der Waals surface area contributed by atoms with E-state index < -0.39 is 11.6 Å². The average molecular weight is 345 g/mol. The largest absolute Gasteiger partial charge is 0.335 e. The van der Waals surface area contributed by atoms with E-state index in [0.717, 1.165) is 17.8 Å². The Morgan fingerprint density at radius 3 is 1.96 bits per heavy atom. The fourth-order valence-electron chi connectivity index (χ4n) is 2.70. The van der Waals surface area contributed by atoms with E-state index in [-0.39, 0.29) is 17.4 Å². The maximum atomic E-state index is 13.3. The predicted octanol–water partition coefficient (Wildman–Crippen LogP) is 2.27. The molecule has 3 rings (SSSR count). The van der Waals surface area contributed by atoms with Crippen LogP contribution in [0.25, 0.3) is 0 Å². The summed E-state index contributed by atoms with van der Waals surface area (Å²) in [4.78, 5) is 32.1. The summed E-state index contributed by atoms with van der Waals surface area (Å²) in [6.07, 6.45) is 1.54. The number of amides is 2. The van der Waals surface area contributed by atoms with E-state index >= 15 is 0 Å². The van der Waals surface area contributed by atoms with Crippen LogP contribution in [-0.2, 0) is 0 Å². The van der Waals surface area contributed by atoms with Gasteiger partial charge in [-0.3, -0.25) is 14.6 Å². The Morgan fingerprint density at radius 1 is 0.880 bits per heavy atom. The molecule has 5 nitrogen and oxygen atoms in total. The Morgan fingerprint density at radius 2 is 1.44 bits per heavy atom. The van der Waals surface area contributed by atoms with E-state index in [4.69, 9.17) is 0 Å². The molecule has 25 heavy (non-hydrogen) atoms. The molecule has 1 aliphatic rings. The highest BCUT2D eigenvalue weighted by Gasteiger charge is 2.26. The Bertz CT molecular complexity index is 800. The molecule has 2 heterocycles. The Labute approximate surface area is 143 Å². The number of piperazine rings is 1. The van der Waals surface area contributed by atoms with Crippen molar-refractivity contribution in [1.82, 2.24) is 14.8 Å². The van der Waals surface area contributed by atoms with Gasteiger partial charge in [-0.05, 0) is 37.3 Å². The topological polar surface area (TPSA) is 53.5 Å². The van der Waals surface area contributed by atoms with Crippen molar-refractivity contribution in [1.29, 1.82) is 0 Å². The minimum atomic E-state index is -1.05. The third-order valence-corrected chi connectivity index (χ3v) is 4.18. The summed E-state index contributed by atoms with van der Waals surface area (Å²) < 4.78 is 26.3. The van der Waals surface area contributed by atoms with Gasteiger partial charge in [-0.25, -0.2) is 8.78 Å². The molecule has 7 heteroatoms. The van der Waals surface area contributed by atoms with Crippen LogP contribution in [0.5, 0.6) is 0 Å². The molecule has 2 amide bonds. The molecule has 1 aromatic heterocycles. The molecule has 0 saturated carbocycles. The van der Waals surface area contributed by atoms with Gasteiger partial charge >= 0.3 is 0 Å². The lowest BCUT2D eigenvalue weighted by atomic mass is 10.1. The van der Waals surface area contributed by atoms with Crippen molar-refractivity contribution in [2.75, 3.05) is 26.2 Å². The molecule has 1 fully saturated rings. The van der Waals surface area contributed by atoms with Crippen molar-refractivity contribution in [3.8, 4) is 0 Å². The van der Waals surface area contributed by atoms with Crippen molar-refractivity contribution >= 4 is 11.8 Å². The van der Waals surface area contributed by atoms with Crippen LogP contribution < -0.4 is 0 Å². The molecule has 1 saturated heterocycles. The summed E-state index contributed by atoms with van der Waals surface area (Å²) in [6.45, 7) is 3.27. The number of nitrogens with zero attached hydrogens (tertiary/aromatic N) is 3. The molecule has 1 aromatic carbocycles. The molecule has 0 aliphatic carbocycles. The summed E-state index contributed by atoms with van der Waals surface area (Å²) in [5.74, 6) is -2.54. The van der Waals surface area contributed by atoms with Gasteiger partial charge in [-0.1, -0.05) is 0 Å². The summed E-state index contributed by atoms with van der Waals surface area (Å²) >= 11 is 0. The van der Waals surface area contributed by atoms with Gasteiger partial charge in [-0.2, -0.15) is 0 Å². The highest BCUT2D eigenvalue weighted by molar-refractivity contribution is 5.95. The van der Waals surface area contributed by atoms with E-state index in [0.29, 0.717) is 31.7 Å². The van der Waals surface area contributed by atoms with Crippen molar-refractivity contribution in [2.45, 2.75) is 6.92 Å². The molecule has 2 aromatic rings. The van der Waals surface area contributed by atoms with Gasteiger partial charge in [0, 0.05) is 43.6 Å². The minimum Gasteiger partial charge on any atom is -0.335 e. The zero-order valence-electron chi connectivity index (χ0n) is 13.7. The van der Waals surface area contributed by atoms with Gasteiger partial charge in [0.1, 0.15) is 0 Å². The Balaban J connectivity index is 1.63. The first-order valence-corrected chi connectivity index (χ1v) is 7.92. The van der Waals surface area contributed by atoms with Gasteiger partial charge in [0.05, 0.1) is 5.56 Å². The van der Waals surface area contributed by atoms with E-state index in [2.05, 4.69) is 4.98 Å². The fourth-order valence-corrected chi connectivity index (χ4v) is 2.70. The number of pyridine rings is 1. The van der Waals surface area contributed by atoms with Gasteiger partial charge in [0.15, 0.2) is 11.6 Å². The Hall–Kier alpha value is -2.83. The molecule has 0 atom stereocenters. The maximum absolute atomic E-state index is 13.3. The summed E-state index contributed by atoms with van der Waals surface area (Å²) in [5.41, 5.74) is 1.44. The zero-order chi connectivity index (χ0) is 18.0. The smallest absolute Gasteiger partial charge is 0.255 e. The number of hydrogen-bond acceptors (Lipinski definition) is 3. The van der Waals surface area contributed by atoms with Crippen molar-refractivity contribution in [3.63, 3.8) is 0 Å². The fraction of sp³-hybridized carbons (Fsp3) is 0.278. The second-order valence-corrected chi connectivity index (χ2v) is 5.90. The second kappa shape index (κ2) is 6.96. The van der Waals surface area contributed by atoms with Gasteiger partial charge in [0.25, 0.3) is 11.8 Å². The number of aromatic nitrogens is 1. The third-order valence-electron chi connectivity index (χ3n) is 4.18. The number of halogens is 2. The molecule has 0 radical (unpaired) electrons. The lowest BCUT2D eigenvalue weighted by molar-refractivity contribution is 0.0535. The number of hydrogen-bond donors (Lipinski definition) is 0. The minimum absolute atomic E-state index is 0.0985. The van der Waals surface area contributed by atoms with Crippen LogP contribution in [0, 0.1) is 18.6 Å². The van der Waals surface area contributed by atoms with Crippen molar-refractivity contribution < 1.29 is 18.4 Å². The number of benzene rings is 1. The third kappa shape index (κ3) is 3.65. The second-order valence-electron chi connectivity index (χ2n) is 5.90. The molecule has 0 unspecified atom stereocenters. The number of carbonyl (C=O) groups is 2. The highest BCUT2D eigenvalue weighted by atomic mass is 19.2. The van der Waals surface area contributed by atoms with Crippen molar-refractivity contribution in [2.24, 2.45) is 0 Å². The average Bonchev–Trinajstić information content (AvgIpc) is 2.63. The van der Waals surface area contributed by atoms with Crippen LogP contribution in [-0.4, -0.2) is 52.8 Å². The highest BCUT2D eigenvalue weighted by Crippen LogP contribution is 2.14. The van der Waals surface area contributed by atoms with Crippen LogP contribution in [0.3, 0.4) is 0 Å². The molecule has 1 aliphatic heterocycles. The summed E-state index contributed by atoms with van der Waals surface area (Å²) in [5, 5.41) is 0. The number of rotatable bonds is 2. The molecule has 0 N–H and O–H groups in total. The van der Waals surface area contributed by atoms with Gasteiger partial charge in [-0.15, -0.1) is 0 Å². The molecule has 130 valence electrons. The van der Waals surface area contributed by atoms with Crippen LogP contribution in [0.4, 0.5) is 8.78 Å². The van der Waals surface area contributed by atoms with E-state index in [1.165, 1.54) is 17.2 Å². The Kier molecular flexibility index (Phi) is 4.74. The predicted molar refractivity (Wildman–Crippen MR) is 87.1 cm³/mol. The lowest BCUT2D eigenvalue weighted by Crippen LogP contribution is -2.50. The van der Waals surface area contributed by atoms with Gasteiger partial charge in [0.2, 0.25) is 0 Å². The first-order chi connectivity index (χ1) is 12.0. The van der Waals surface area contributed by atoms with E-state index in [9.17, 15) is 18.4 Å². The summed E-state index contributed by atoms with van der Waals surface area (Å²) in [7, 11) is 0. The summed E-state index contributed by atoms with van der Waals surface area (Å²) in [6, 6.07) is 6.59. The monoisotopic (exact) mass is 345 g/mol. The quantitative estimate of drug-likeness (QED) is 0.839. The van der Waals surface area contributed by atoms with Crippen LogP contribution in [0.15, 0.2) is 36.5 Å². The molecular weight excluding hydrogens is 328 g/mol. The SMILES string of the molecule is Cc1ccc(C(=O)N2CCN(C(=O)c3ccc(F)c(F)c3)CC2)cn1.